The first-order valence-corrected chi connectivity index (χ1v) is 17.1. The number of ether oxygens (including phenoxy) is 2. The minimum atomic E-state index is -3.39. The third-order valence-electron chi connectivity index (χ3n) is 6.28. The maximum absolute atomic E-state index is 12.9. The van der Waals surface area contributed by atoms with Crippen LogP contribution in [0.5, 0.6) is 5.75 Å². The van der Waals surface area contributed by atoms with Gasteiger partial charge in [-0.1, -0.05) is 74.5 Å². The Bertz CT molecular complexity index is 1710. The maximum atomic E-state index is 12.9. The number of esters is 1. The summed E-state index contributed by atoms with van der Waals surface area (Å²) in [6.07, 6.45) is 1.79. The van der Waals surface area contributed by atoms with Gasteiger partial charge in [0.2, 0.25) is 10.0 Å². The lowest BCUT2D eigenvalue weighted by atomic mass is 9.97. The first-order chi connectivity index (χ1) is 22.0. The van der Waals surface area contributed by atoms with E-state index >= 15 is 0 Å². The molecule has 0 saturated carbocycles. The predicted octanol–water partition coefficient (Wildman–Crippen LogP) is 7.52. The summed E-state index contributed by atoms with van der Waals surface area (Å²) in [4.78, 5) is 24.1. The maximum Gasteiger partial charge on any atom is 0.308 e. The van der Waals surface area contributed by atoms with E-state index in [0.717, 1.165) is 16.7 Å². The van der Waals surface area contributed by atoms with Crippen LogP contribution in [0.4, 0.5) is 0 Å². The molecule has 3 aromatic carbocycles. The number of methoxy groups -OCH3 is 1. The lowest BCUT2D eigenvalue weighted by molar-refractivity contribution is -0.158. The fourth-order valence-electron chi connectivity index (χ4n) is 4.11. The SMILES string of the molecule is CC(C)C(=O)OC(C)(C)C.CC(C)n1ncc(-c2ccccc2)c(-c2ccccc2)c1=O.COc1ccc(S(=O)(=O)NC(C)C)cc1. The first-order valence-electron chi connectivity index (χ1n) is 15.6. The van der Waals surface area contributed by atoms with Crippen molar-refractivity contribution < 1.29 is 22.7 Å². The minimum absolute atomic E-state index is 0.0276. The zero-order valence-corrected chi connectivity index (χ0v) is 30.0. The Kier molecular flexibility index (Phi) is 14.6. The van der Waals surface area contributed by atoms with E-state index in [1.807, 2.05) is 109 Å². The number of aromatic nitrogens is 2. The van der Waals surface area contributed by atoms with E-state index in [4.69, 9.17) is 9.47 Å². The Morgan fingerprint density at radius 3 is 1.72 bits per heavy atom. The summed E-state index contributed by atoms with van der Waals surface area (Å²) < 4.78 is 37.4. The monoisotopic (exact) mass is 663 g/mol. The van der Waals surface area contributed by atoms with Gasteiger partial charge < -0.3 is 9.47 Å². The van der Waals surface area contributed by atoms with Crippen LogP contribution in [0.2, 0.25) is 0 Å². The Labute approximate surface area is 280 Å². The van der Waals surface area contributed by atoms with E-state index < -0.39 is 10.0 Å². The quantitative estimate of drug-likeness (QED) is 0.194. The number of carbonyl (C=O) groups is 1. The summed E-state index contributed by atoms with van der Waals surface area (Å²) in [5, 5.41) is 4.34. The van der Waals surface area contributed by atoms with Gasteiger partial charge in [0.1, 0.15) is 11.4 Å². The van der Waals surface area contributed by atoms with E-state index in [1.165, 1.54) is 23.9 Å². The van der Waals surface area contributed by atoms with Crippen LogP contribution in [-0.4, -0.2) is 42.9 Å². The number of hydrogen-bond donors (Lipinski definition) is 1. The van der Waals surface area contributed by atoms with E-state index in [1.54, 1.807) is 32.2 Å². The average Bonchev–Trinajstić information content (AvgIpc) is 3.01. The molecular formula is C37H49N3O6S. The molecule has 1 heterocycles. The molecule has 1 aromatic heterocycles. The molecule has 4 aromatic rings. The molecule has 0 radical (unpaired) electrons. The third kappa shape index (κ3) is 12.4. The predicted molar refractivity (Wildman–Crippen MR) is 189 cm³/mol. The average molecular weight is 664 g/mol. The zero-order valence-electron chi connectivity index (χ0n) is 29.1. The van der Waals surface area contributed by atoms with Crippen LogP contribution < -0.4 is 15.0 Å². The number of carbonyl (C=O) groups excluding carboxylic acids is 1. The zero-order chi connectivity index (χ0) is 35.4. The van der Waals surface area contributed by atoms with Gasteiger partial charge in [0.25, 0.3) is 5.56 Å². The fraction of sp³-hybridized carbons (Fsp3) is 0.378. The van der Waals surface area contributed by atoms with E-state index in [9.17, 15) is 18.0 Å². The summed E-state index contributed by atoms with van der Waals surface area (Å²) in [6.45, 7) is 16.7. The van der Waals surface area contributed by atoms with Crippen molar-refractivity contribution >= 4 is 16.0 Å². The van der Waals surface area contributed by atoms with Gasteiger partial charge in [-0.3, -0.25) is 9.59 Å². The Hall–Kier alpha value is -4.28. The Morgan fingerprint density at radius 1 is 0.809 bits per heavy atom. The van der Waals surface area contributed by atoms with Gasteiger partial charge in [0.05, 0.1) is 35.7 Å². The number of benzene rings is 3. The molecular weight excluding hydrogens is 614 g/mol. The molecule has 0 atom stereocenters. The molecule has 0 fully saturated rings. The number of rotatable bonds is 8. The minimum Gasteiger partial charge on any atom is -0.497 e. The normalized spacial score (nSPS) is 11.3. The van der Waals surface area contributed by atoms with Crippen molar-refractivity contribution in [2.75, 3.05) is 7.11 Å². The smallest absolute Gasteiger partial charge is 0.308 e. The number of sulfonamides is 1. The van der Waals surface area contributed by atoms with Gasteiger partial charge >= 0.3 is 5.97 Å². The van der Waals surface area contributed by atoms with Crippen LogP contribution in [0.15, 0.2) is 101 Å². The molecule has 0 spiro atoms. The summed E-state index contributed by atoms with van der Waals surface area (Å²) in [5.41, 5.74) is 3.10. The number of nitrogens with zero attached hydrogens (tertiary/aromatic N) is 2. The second-order valence-electron chi connectivity index (χ2n) is 12.6. The van der Waals surface area contributed by atoms with Crippen molar-refractivity contribution in [3.8, 4) is 28.0 Å². The van der Waals surface area contributed by atoms with Crippen molar-refractivity contribution in [1.29, 1.82) is 0 Å². The fourth-order valence-corrected chi connectivity index (χ4v) is 5.36. The molecule has 9 nitrogen and oxygen atoms in total. The highest BCUT2D eigenvalue weighted by molar-refractivity contribution is 7.89. The summed E-state index contributed by atoms with van der Waals surface area (Å²) in [5.74, 6) is 0.477. The van der Waals surface area contributed by atoms with Gasteiger partial charge in [-0.25, -0.2) is 17.8 Å². The largest absolute Gasteiger partial charge is 0.497 e. The van der Waals surface area contributed by atoms with Gasteiger partial charge in [-0.05, 0) is 83.9 Å². The van der Waals surface area contributed by atoms with Crippen LogP contribution in [0.1, 0.15) is 68.4 Å². The highest BCUT2D eigenvalue weighted by Crippen LogP contribution is 2.28. The molecule has 0 unspecified atom stereocenters. The standard InChI is InChI=1S/C19H18N2O.C10H15NO3S.C8H16O2/c1-14(2)21-19(22)18(16-11-7-4-8-12-16)17(13-20-21)15-9-5-3-6-10-15;1-8(2)11-15(12,13)10-6-4-9(14-3)5-7-10;1-6(2)7(9)10-8(3,4)5/h3-14H,1-2H3;4-8,11H,1-3H3;6H,1-5H3. The van der Waals surface area contributed by atoms with E-state index in [2.05, 4.69) is 9.82 Å². The Morgan fingerprint density at radius 2 is 1.32 bits per heavy atom. The molecule has 0 saturated heterocycles. The molecule has 0 bridgehead atoms. The summed E-state index contributed by atoms with van der Waals surface area (Å²) in [7, 11) is -1.85. The van der Waals surface area contributed by atoms with Crippen LogP contribution in [0, 0.1) is 5.92 Å². The van der Waals surface area contributed by atoms with Crippen LogP contribution in [-0.2, 0) is 19.6 Å². The molecule has 0 amide bonds. The molecule has 0 aliphatic carbocycles. The molecule has 1 N–H and O–H groups in total. The van der Waals surface area contributed by atoms with Gasteiger partial charge in [0, 0.05) is 11.6 Å². The highest BCUT2D eigenvalue weighted by Gasteiger charge is 2.18. The molecule has 0 aliphatic rings. The third-order valence-corrected chi connectivity index (χ3v) is 7.95. The van der Waals surface area contributed by atoms with Crippen molar-refractivity contribution in [3.05, 3.63) is 101 Å². The summed E-state index contributed by atoms with van der Waals surface area (Å²) >= 11 is 0. The van der Waals surface area contributed by atoms with Crippen LogP contribution in [0.25, 0.3) is 22.3 Å². The van der Waals surface area contributed by atoms with Crippen LogP contribution in [0.3, 0.4) is 0 Å². The first kappa shape index (κ1) is 38.9. The summed E-state index contributed by atoms with van der Waals surface area (Å²) in [6, 6.07) is 25.9. The lowest BCUT2D eigenvalue weighted by Crippen LogP contribution is -2.30. The van der Waals surface area contributed by atoms with Gasteiger partial charge in [0.15, 0.2) is 0 Å². The van der Waals surface area contributed by atoms with Gasteiger partial charge in [-0.15, -0.1) is 0 Å². The Balaban J connectivity index is 0.000000268. The van der Waals surface area contributed by atoms with E-state index in [-0.39, 0.29) is 40.0 Å². The molecule has 4 rings (SSSR count). The number of nitrogens with one attached hydrogen (secondary N) is 1. The molecule has 0 aliphatic heterocycles. The van der Waals surface area contributed by atoms with Crippen molar-refractivity contribution in [2.45, 2.75) is 84.9 Å². The molecule has 10 heteroatoms. The second-order valence-corrected chi connectivity index (χ2v) is 14.4. The highest BCUT2D eigenvalue weighted by atomic mass is 32.2. The lowest BCUT2D eigenvalue weighted by Gasteiger charge is -2.20. The number of hydrogen-bond acceptors (Lipinski definition) is 7. The van der Waals surface area contributed by atoms with Crippen molar-refractivity contribution in [3.63, 3.8) is 0 Å². The topological polar surface area (TPSA) is 117 Å². The van der Waals surface area contributed by atoms with Crippen molar-refractivity contribution in [1.82, 2.24) is 14.5 Å². The van der Waals surface area contributed by atoms with E-state index in [0.29, 0.717) is 11.3 Å². The van der Waals surface area contributed by atoms with Gasteiger partial charge in [-0.2, -0.15) is 5.10 Å². The molecule has 254 valence electrons. The second kappa shape index (κ2) is 17.6. The molecule has 47 heavy (non-hydrogen) atoms. The van der Waals surface area contributed by atoms with Crippen LogP contribution >= 0.6 is 0 Å². The van der Waals surface area contributed by atoms with Crippen molar-refractivity contribution in [2.24, 2.45) is 5.92 Å².